The van der Waals surface area contributed by atoms with Crippen molar-refractivity contribution >= 4 is 101 Å². The molecule has 0 unspecified atom stereocenters. The van der Waals surface area contributed by atoms with Crippen LogP contribution >= 0.6 is 0 Å². The Morgan fingerprint density at radius 3 is 1.45 bits per heavy atom. The summed E-state index contributed by atoms with van der Waals surface area (Å²) in [6, 6.07) is 70.7. The number of benzene rings is 9. The van der Waals surface area contributed by atoms with Crippen LogP contribution in [0.3, 0.4) is 0 Å². The zero-order valence-electron chi connectivity index (χ0n) is 46.2. The first-order valence-electron chi connectivity index (χ1n) is 27.2. The summed E-state index contributed by atoms with van der Waals surface area (Å²) in [6.07, 6.45) is 0. The quantitative estimate of drug-likeness (QED) is 0.161. The Morgan fingerprint density at radius 1 is 0.408 bits per heavy atom. The van der Waals surface area contributed by atoms with Crippen LogP contribution in [0.4, 0.5) is 34.1 Å². The van der Waals surface area contributed by atoms with Gasteiger partial charge in [-0.2, -0.15) is 0 Å². The van der Waals surface area contributed by atoms with Crippen LogP contribution in [0.1, 0.15) is 99.8 Å². The molecule has 6 heteroatoms. The van der Waals surface area contributed by atoms with E-state index in [-0.39, 0.29) is 28.5 Å². The predicted molar refractivity (Wildman–Crippen MR) is 325 cm³/mol. The maximum Gasteiger partial charge on any atom is 0.259 e. The lowest BCUT2D eigenvalue weighted by Gasteiger charge is -2.41. The Hall–Kier alpha value is -7.96. The van der Waals surface area contributed by atoms with Crippen LogP contribution in [0.2, 0.25) is 0 Å². The summed E-state index contributed by atoms with van der Waals surface area (Å²) in [7, 11) is 0. The second kappa shape index (κ2) is 16.8. The van der Waals surface area contributed by atoms with Crippen LogP contribution in [-0.2, 0) is 21.8 Å². The van der Waals surface area contributed by atoms with E-state index in [1.807, 2.05) is 0 Å². The molecule has 0 saturated heterocycles. The van der Waals surface area contributed by atoms with Gasteiger partial charge in [-0.1, -0.05) is 165 Å². The van der Waals surface area contributed by atoms with E-state index in [1.54, 1.807) is 0 Å². The van der Waals surface area contributed by atoms with Crippen molar-refractivity contribution in [2.75, 3.05) is 9.80 Å². The molecule has 0 fully saturated rings. The topological polar surface area (TPSA) is 25.6 Å². The fourth-order valence-electron chi connectivity index (χ4n) is 12.5. The molecular weight excluding hydrogens is 924 g/mol. The standard InChI is InChI=1S/C70H67BN4O/c1-67(2,3)44-28-34-47(35-29-44)72(48-36-30-45(31-37-48)68(4,5)6)50-40-41-54-62(42-50)76-61-27-19-26-58-64(61)71(54)65-60(73(58)49-38-32-46(33-39-49)69(7,8)9)43-59(63-53-22-15-18-25-57(53)75(66(63)65)70(10,11)12)74-55-23-16-13-20-51(55)52-21-14-17-24-56(52)74/h13-43H,1-12H3. The number of para-hydroxylation sites is 3. The van der Waals surface area contributed by atoms with Gasteiger partial charge in [0.1, 0.15) is 11.5 Å². The van der Waals surface area contributed by atoms with Crippen molar-refractivity contribution in [2.24, 2.45) is 0 Å². The van der Waals surface area contributed by atoms with Crippen molar-refractivity contribution < 1.29 is 4.74 Å². The van der Waals surface area contributed by atoms with E-state index in [0.29, 0.717) is 0 Å². The van der Waals surface area contributed by atoms with E-state index in [2.05, 4.69) is 290 Å². The Balaban J connectivity index is 1.13. The van der Waals surface area contributed by atoms with Crippen molar-refractivity contribution in [1.82, 2.24) is 9.13 Å². The Bertz CT molecular complexity index is 4000. The molecule has 0 N–H and O–H groups in total. The first-order valence-corrected chi connectivity index (χ1v) is 27.2. The molecule has 5 nitrogen and oxygen atoms in total. The van der Waals surface area contributed by atoms with Crippen molar-refractivity contribution in [1.29, 1.82) is 0 Å². The van der Waals surface area contributed by atoms with Crippen molar-refractivity contribution in [3.63, 3.8) is 0 Å². The van der Waals surface area contributed by atoms with Gasteiger partial charge >= 0.3 is 0 Å². The molecule has 2 aliphatic heterocycles. The fraction of sp³-hybridized carbons (Fsp3) is 0.229. The van der Waals surface area contributed by atoms with Crippen LogP contribution in [0.15, 0.2) is 188 Å². The Labute approximate surface area is 449 Å². The van der Waals surface area contributed by atoms with Crippen molar-refractivity contribution in [3.8, 4) is 17.2 Å². The Kier molecular flexibility index (Phi) is 10.5. The summed E-state index contributed by atoms with van der Waals surface area (Å²) in [5, 5.41) is 4.96. The van der Waals surface area contributed by atoms with Gasteiger partial charge in [-0.3, -0.25) is 0 Å². The van der Waals surface area contributed by atoms with E-state index < -0.39 is 0 Å². The van der Waals surface area contributed by atoms with E-state index in [4.69, 9.17) is 4.74 Å². The highest BCUT2D eigenvalue weighted by molar-refractivity contribution is 7.00. The summed E-state index contributed by atoms with van der Waals surface area (Å²) >= 11 is 0. The molecule has 0 saturated carbocycles. The highest BCUT2D eigenvalue weighted by Gasteiger charge is 2.45. The molecule has 0 radical (unpaired) electrons. The molecule has 4 heterocycles. The number of aromatic nitrogens is 2. The van der Waals surface area contributed by atoms with Crippen LogP contribution in [0.25, 0.3) is 49.3 Å². The molecule has 376 valence electrons. The second-order valence-corrected chi connectivity index (χ2v) is 25.5. The molecule has 76 heavy (non-hydrogen) atoms. The number of ether oxygens (including phenoxy) is 1. The molecule has 2 aliphatic rings. The summed E-state index contributed by atoms with van der Waals surface area (Å²) in [5.41, 5.74) is 19.9. The van der Waals surface area contributed by atoms with E-state index in [1.165, 1.54) is 71.2 Å². The highest BCUT2D eigenvalue weighted by Crippen LogP contribution is 2.49. The zero-order chi connectivity index (χ0) is 52.8. The molecule has 0 aliphatic carbocycles. The average molecular weight is 991 g/mol. The average Bonchev–Trinajstić information content (AvgIpc) is 4.00. The third-order valence-corrected chi connectivity index (χ3v) is 16.3. The van der Waals surface area contributed by atoms with Crippen LogP contribution < -0.4 is 30.9 Å². The third-order valence-electron chi connectivity index (χ3n) is 16.3. The van der Waals surface area contributed by atoms with Crippen molar-refractivity contribution in [2.45, 2.75) is 105 Å². The molecule has 0 amide bonds. The first-order chi connectivity index (χ1) is 36.3. The zero-order valence-corrected chi connectivity index (χ0v) is 46.2. The van der Waals surface area contributed by atoms with Gasteiger partial charge in [0.15, 0.2) is 0 Å². The van der Waals surface area contributed by atoms with Crippen LogP contribution in [0, 0.1) is 0 Å². The maximum atomic E-state index is 7.36. The number of anilines is 6. The van der Waals surface area contributed by atoms with Gasteiger partial charge in [-0.25, -0.2) is 0 Å². The van der Waals surface area contributed by atoms with Gasteiger partial charge in [-0.05, 0) is 149 Å². The number of fused-ring (bicyclic) bond motifs is 11. The normalized spacial score (nSPS) is 13.6. The molecule has 13 rings (SSSR count). The lowest BCUT2D eigenvalue weighted by Crippen LogP contribution is -2.60. The van der Waals surface area contributed by atoms with Gasteiger partial charge in [0.25, 0.3) is 6.71 Å². The molecule has 9 aromatic carbocycles. The van der Waals surface area contributed by atoms with Crippen LogP contribution in [-0.4, -0.2) is 15.8 Å². The molecular formula is C70H67BN4O. The van der Waals surface area contributed by atoms with Gasteiger partial charge < -0.3 is 23.7 Å². The lowest BCUT2D eigenvalue weighted by molar-refractivity contribution is 0.424. The molecule has 0 spiro atoms. The summed E-state index contributed by atoms with van der Waals surface area (Å²) in [5.74, 6) is 1.74. The minimum atomic E-state index is -0.309. The number of nitrogens with zero attached hydrogens (tertiary/aromatic N) is 4. The largest absolute Gasteiger partial charge is 0.458 e. The molecule has 0 atom stereocenters. The first kappa shape index (κ1) is 47.7. The van der Waals surface area contributed by atoms with Crippen LogP contribution in [0.5, 0.6) is 11.5 Å². The SMILES string of the molecule is CC(C)(C)c1ccc(N(c2ccc(C(C)(C)C)cc2)c2ccc3c(c2)Oc2cccc4c2B3c2c(cc(-n3c5ccccc5c5ccccc53)c3c5ccccc5n(C(C)(C)C)c23)N4c2ccc(C(C)(C)C)cc2)cc1. The molecule has 2 aromatic heterocycles. The molecule has 11 aromatic rings. The smallest absolute Gasteiger partial charge is 0.259 e. The van der Waals surface area contributed by atoms with Gasteiger partial charge in [0, 0.05) is 78.3 Å². The number of hydrogen-bond donors (Lipinski definition) is 0. The van der Waals surface area contributed by atoms with E-state index in [0.717, 1.165) is 56.8 Å². The van der Waals surface area contributed by atoms with Crippen molar-refractivity contribution in [3.05, 3.63) is 205 Å². The third kappa shape index (κ3) is 7.42. The summed E-state index contributed by atoms with van der Waals surface area (Å²) < 4.78 is 12.6. The fourth-order valence-corrected chi connectivity index (χ4v) is 12.5. The minimum Gasteiger partial charge on any atom is -0.458 e. The second-order valence-electron chi connectivity index (χ2n) is 25.5. The number of rotatable bonds is 5. The maximum absolute atomic E-state index is 7.36. The predicted octanol–water partition coefficient (Wildman–Crippen LogP) is 17.4. The van der Waals surface area contributed by atoms with E-state index >= 15 is 0 Å². The summed E-state index contributed by atoms with van der Waals surface area (Å²) in [6.45, 7) is 27.5. The highest BCUT2D eigenvalue weighted by atomic mass is 16.5. The van der Waals surface area contributed by atoms with Gasteiger partial charge in [-0.15, -0.1) is 0 Å². The summed E-state index contributed by atoms with van der Waals surface area (Å²) in [4.78, 5) is 4.92. The lowest BCUT2D eigenvalue weighted by atomic mass is 9.34. The molecule has 0 bridgehead atoms. The Morgan fingerprint density at radius 2 is 0.908 bits per heavy atom. The number of hydrogen-bond acceptors (Lipinski definition) is 3. The van der Waals surface area contributed by atoms with E-state index in [9.17, 15) is 0 Å². The van der Waals surface area contributed by atoms with Gasteiger partial charge in [0.2, 0.25) is 0 Å². The monoisotopic (exact) mass is 991 g/mol. The minimum absolute atomic E-state index is 0.00338. The van der Waals surface area contributed by atoms with Gasteiger partial charge in [0.05, 0.1) is 16.7 Å².